The number of carbonyl (C=O) groups excluding carboxylic acids is 2. The van der Waals surface area contributed by atoms with Crippen LogP contribution in [0.3, 0.4) is 0 Å². The number of carboxylic acid groups (broad SMARTS) is 1. The summed E-state index contributed by atoms with van der Waals surface area (Å²) in [6.07, 6.45) is -0.425. The lowest BCUT2D eigenvalue weighted by molar-refractivity contribution is -0.140. The van der Waals surface area contributed by atoms with Crippen LogP contribution >= 0.6 is 0 Å². The summed E-state index contributed by atoms with van der Waals surface area (Å²) in [6, 6.07) is -1.90. The van der Waals surface area contributed by atoms with Crippen molar-refractivity contribution in [2.24, 2.45) is 0 Å². The van der Waals surface area contributed by atoms with Crippen molar-refractivity contribution in [1.29, 1.82) is 0 Å². The van der Waals surface area contributed by atoms with Crippen molar-refractivity contribution >= 4 is 18.1 Å². The van der Waals surface area contributed by atoms with Crippen LogP contribution in [0.15, 0.2) is 0 Å². The second-order valence-electron chi connectivity index (χ2n) is 4.20. The number of amides is 3. The molecular weight excluding hydrogens is 270 g/mol. The second-order valence-corrected chi connectivity index (χ2v) is 4.20. The van der Waals surface area contributed by atoms with Crippen LogP contribution in [0.5, 0.6) is 0 Å². The number of aliphatic hydroxyl groups excluding tert-OH is 1. The van der Waals surface area contributed by atoms with Gasteiger partial charge in [-0.05, 0) is 6.92 Å². The molecule has 1 aliphatic rings. The van der Waals surface area contributed by atoms with Crippen LogP contribution in [0.2, 0.25) is 0 Å². The third-order valence-corrected chi connectivity index (χ3v) is 2.87. The van der Waals surface area contributed by atoms with Gasteiger partial charge in [-0.3, -0.25) is 0 Å². The van der Waals surface area contributed by atoms with E-state index < -0.39 is 30.7 Å². The summed E-state index contributed by atoms with van der Waals surface area (Å²) in [5, 5.41) is 19.8. The van der Waals surface area contributed by atoms with Crippen LogP contribution in [-0.4, -0.2) is 83.5 Å². The molecule has 0 aromatic heterocycles. The number of aliphatic carboxylic acids is 1. The number of hydrogen-bond donors (Lipinski definition) is 3. The first-order valence-electron chi connectivity index (χ1n) is 6.30. The quantitative estimate of drug-likeness (QED) is 0.605. The molecule has 0 radical (unpaired) electrons. The van der Waals surface area contributed by atoms with Crippen LogP contribution in [0.25, 0.3) is 0 Å². The number of rotatable bonds is 4. The van der Waals surface area contributed by atoms with Gasteiger partial charge in [-0.1, -0.05) is 0 Å². The SMILES string of the molecule is CCOC(=O)N1CCN(C(=O)N[C@H](CO)C(=O)O)CC1. The van der Waals surface area contributed by atoms with E-state index in [2.05, 4.69) is 5.32 Å². The van der Waals surface area contributed by atoms with Crippen LogP contribution in [-0.2, 0) is 9.53 Å². The smallest absolute Gasteiger partial charge is 0.409 e. The maximum absolute atomic E-state index is 11.8. The molecule has 0 aromatic rings. The van der Waals surface area contributed by atoms with Gasteiger partial charge in [-0.15, -0.1) is 0 Å². The van der Waals surface area contributed by atoms with Gasteiger partial charge in [0.05, 0.1) is 13.2 Å². The van der Waals surface area contributed by atoms with E-state index in [1.807, 2.05) is 0 Å². The number of piperazine rings is 1. The van der Waals surface area contributed by atoms with E-state index in [9.17, 15) is 14.4 Å². The first kappa shape index (κ1) is 16.0. The van der Waals surface area contributed by atoms with Crippen molar-refractivity contribution in [3.8, 4) is 0 Å². The minimum atomic E-state index is -1.33. The Labute approximate surface area is 116 Å². The molecule has 1 saturated heterocycles. The lowest BCUT2D eigenvalue weighted by Crippen LogP contribution is -2.56. The maximum Gasteiger partial charge on any atom is 0.409 e. The molecule has 0 aliphatic carbocycles. The number of hydrogen-bond acceptors (Lipinski definition) is 5. The third-order valence-electron chi connectivity index (χ3n) is 2.87. The minimum Gasteiger partial charge on any atom is -0.480 e. The molecule has 114 valence electrons. The van der Waals surface area contributed by atoms with E-state index in [-0.39, 0.29) is 19.7 Å². The molecule has 0 bridgehead atoms. The Bertz CT molecular complexity index is 367. The van der Waals surface area contributed by atoms with Crippen LogP contribution in [0, 0.1) is 0 Å². The molecule has 3 N–H and O–H groups in total. The van der Waals surface area contributed by atoms with Gasteiger partial charge in [0, 0.05) is 26.2 Å². The maximum atomic E-state index is 11.8. The van der Waals surface area contributed by atoms with Crippen molar-refractivity contribution in [2.75, 3.05) is 39.4 Å². The van der Waals surface area contributed by atoms with Crippen molar-refractivity contribution in [3.05, 3.63) is 0 Å². The lowest BCUT2D eigenvalue weighted by Gasteiger charge is -2.34. The summed E-state index contributed by atoms with van der Waals surface area (Å²) in [4.78, 5) is 36.8. The Balaban J connectivity index is 2.43. The molecular formula is C11H19N3O6. The zero-order valence-electron chi connectivity index (χ0n) is 11.2. The fourth-order valence-electron chi connectivity index (χ4n) is 1.73. The second kappa shape index (κ2) is 7.53. The molecule has 0 saturated carbocycles. The molecule has 9 nitrogen and oxygen atoms in total. The Morgan fingerprint density at radius 3 is 2.20 bits per heavy atom. The first-order chi connectivity index (χ1) is 9.49. The highest BCUT2D eigenvalue weighted by Gasteiger charge is 2.27. The summed E-state index contributed by atoms with van der Waals surface area (Å²) in [7, 11) is 0. The summed E-state index contributed by atoms with van der Waals surface area (Å²) in [5.74, 6) is -1.30. The van der Waals surface area contributed by atoms with Crippen molar-refractivity contribution in [3.63, 3.8) is 0 Å². The molecule has 0 spiro atoms. The average molecular weight is 289 g/mol. The molecule has 0 unspecified atom stereocenters. The predicted octanol–water partition coefficient (Wildman–Crippen LogP) is -1.08. The Hall–Kier alpha value is -2.03. The summed E-state index contributed by atoms with van der Waals surface area (Å²) in [6.45, 7) is 2.53. The van der Waals surface area contributed by atoms with Gasteiger partial charge in [-0.25, -0.2) is 14.4 Å². The van der Waals surface area contributed by atoms with Gasteiger partial charge in [0.2, 0.25) is 0 Å². The number of ether oxygens (including phenoxy) is 1. The number of nitrogens with one attached hydrogen (secondary N) is 1. The zero-order chi connectivity index (χ0) is 15.1. The monoisotopic (exact) mass is 289 g/mol. The van der Waals surface area contributed by atoms with Gasteiger partial charge >= 0.3 is 18.1 Å². The summed E-state index contributed by atoms with van der Waals surface area (Å²) in [5.41, 5.74) is 0. The molecule has 0 aromatic carbocycles. The Morgan fingerprint density at radius 2 is 1.75 bits per heavy atom. The van der Waals surface area contributed by atoms with E-state index in [4.69, 9.17) is 14.9 Å². The number of urea groups is 1. The molecule has 1 heterocycles. The highest BCUT2D eigenvalue weighted by molar-refractivity contribution is 5.82. The molecule has 9 heteroatoms. The Morgan fingerprint density at radius 1 is 1.20 bits per heavy atom. The normalized spacial score (nSPS) is 16.5. The molecule has 1 aliphatic heterocycles. The molecule has 1 rings (SSSR count). The van der Waals surface area contributed by atoms with Gasteiger partial charge < -0.3 is 30.1 Å². The molecule has 20 heavy (non-hydrogen) atoms. The zero-order valence-corrected chi connectivity index (χ0v) is 11.2. The van der Waals surface area contributed by atoms with E-state index >= 15 is 0 Å². The van der Waals surface area contributed by atoms with E-state index in [0.29, 0.717) is 13.1 Å². The highest BCUT2D eigenvalue weighted by atomic mass is 16.6. The van der Waals surface area contributed by atoms with Gasteiger partial charge in [0.1, 0.15) is 0 Å². The number of nitrogens with zero attached hydrogens (tertiary/aromatic N) is 2. The van der Waals surface area contributed by atoms with Crippen molar-refractivity contribution in [1.82, 2.24) is 15.1 Å². The molecule has 3 amide bonds. The number of aliphatic hydroxyl groups is 1. The number of carbonyl (C=O) groups is 3. The van der Waals surface area contributed by atoms with Crippen molar-refractivity contribution < 1.29 is 29.3 Å². The highest BCUT2D eigenvalue weighted by Crippen LogP contribution is 2.04. The van der Waals surface area contributed by atoms with Crippen molar-refractivity contribution in [2.45, 2.75) is 13.0 Å². The standard InChI is InChI=1S/C11H19N3O6/c1-2-20-11(19)14-5-3-13(4-6-14)10(18)12-8(7-15)9(16)17/h8,15H,2-7H2,1H3,(H,12,18)(H,16,17)/t8-/m1/s1. The van der Waals surface area contributed by atoms with Crippen LogP contribution in [0.4, 0.5) is 9.59 Å². The summed E-state index contributed by atoms with van der Waals surface area (Å²) >= 11 is 0. The van der Waals surface area contributed by atoms with E-state index in [0.717, 1.165) is 0 Å². The lowest BCUT2D eigenvalue weighted by atomic mass is 10.3. The fourth-order valence-corrected chi connectivity index (χ4v) is 1.73. The van der Waals surface area contributed by atoms with Gasteiger partial charge in [0.15, 0.2) is 6.04 Å². The number of carboxylic acids is 1. The predicted molar refractivity (Wildman–Crippen MR) is 67.2 cm³/mol. The molecule has 1 fully saturated rings. The largest absolute Gasteiger partial charge is 0.480 e. The van der Waals surface area contributed by atoms with E-state index in [1.165, 1.54) is 9.80 Å². The van der Waals surface area contributed by atoms with Crippen LogP contribution < -0.4 is 5.32 Å². The first-order valence-corrected chi connectivity index (χ1v) is 6.30. The van der Waals surface area contributed by atoms with E-state index in [1.54, 1.807) is 6.92 Å². The Kier molecular flexibility index (Phi) is 6.04. The molecule has 1 atom stereocenters. The van der Waals surface area contributed by atoms with Gasteiger partial charge in [0.25, 0.3) is 0 Å². The minimum absolute atomic E-state index is 0.280. The van der Waals surface area contributed by atoms with Crippen LogP contribution in [0.1, 0.15) is 6.92 Å². The van der Waals surface area contributed by atoms with Gasteiger partial charge in [-0.2, -0.15) is 0 Å². The average Bonchev–Trinajstić information content (AvgIpc) is 2.44. The summed E-state index contributed by atoms with van der Waals surface area (Å²) < 4.78 is 4.85. The fraction of sp³-hybridized carbons (Fsp3) is 0.727. The third kappa shape index (κ3) is 4.26. The topological polar surface area (TPSA) is 119 Å².